The van der Waals surface area contributed by atoms with Gasteiger partial charge in [0.1, 0.15) is 0 Å². The van der Waals surface area contributed by atoms with Gasteiger partial charge in [-0.1, -0.05) is 29.3 Å². The molecule has 0 saturated heterocycles. The molecule has 14 heavy (non-hydrogen) atoms. The van der Waals surface area contributed by atoms with Crippen LogP contribution in [0.15, 0.2) is 22.7 Å². The van der Waals surface area contributed by atoms with Gasteiger partial charge in [-0.15, -0.1) is 0 Å². The average molecular weight is 253 g/mol. The van der Waals surface area contributed by atoms with Crippen LogP contribution in [0.25, 0.3) is 10.9 Å². The Hall–Kier alpha value is -0.830. The standard InChI is InChI=1S/C11H13BrN2/c1-2-3-4-10-9-6-5-8(12)7-11(9)14-13-10/h5-7H,2-4H2,1H3,(H,13,14). The third-order valence-electron chi connectivity index (χ3n) is 2.38. The zero-order valence-electron chi connectivity index (χ0n) is 8.18. The van der Waals surface area contributed by atoms with Gasteiger partial charge in [-0.05, 0) is 31.0 Å². The lowest BCUT2D eigenvalue weighted by molar-refractivity contribution is 0.775. The molecule has 0 unspecified atom stereocenters. The molecule has 1 N–H and O–H groups in total. The minimum absolute atomic E-state index is 1.05. The number of rotatable bonds is 3. The van der Waals surface area contributed by atoms with Crippen molar-refractivity contribution in [3.05, 3.63) is 28.4 Å². The maximum atomic E-state index is 4.28. The second kappa shape index (κ2) is 4.13. The van der Waals surface area contributed by atoms with Crippen molar-refractivity contribution in [3.63, 3.8) is 0 Å². The maximum Gasteiger partial charge on any atom is 0.0934 e. The van der Waals surface area contributed by atoms with E-state index in [4.69, 9.17) is 0 Å². The molecular formula is C11H13BrN2. The van der Waals surface area contributed by atoms with E-state index < -0.39 is 0 Å². The lowest BCUT2D eigenvalue weighted by atomic mass is 10.1. The molecule has 0 bridgehead atoms. The molecule has 0 aliphatic heterocycles. The van der Waals surface area contributed by atoms with Gasteiger partial charge >= 0.3 is 0 Å². The van der Waals surface area contributed by atoms with Crippen molar-refractivity contribution in [2.75, 3.05) is 0 Å². The van der Waals surface area contributed by atoms with Gasteiger partial charge < -0.3 is 0 Å². The minimum atomic E-state index is 1.05. The molecule has 2 nitrogen and oxygen atoms in total. The summed E-state index contributed by atoms with van der Waals surface area (Å²) < 4.78 is 1.08. The number of nitrogens with zero attached hydrogens (tertiary/aromatic N) is 1. The number of aromatic amines is 1. The number of hydrogen-bond donors (Lipinski definition) is 1. The van der Waals surface area contributed by atoms with Crippen LogP contribution in [-0.4, -0.2) is 10.2 Å². The first-order valence-corrected chi connectivity index (χ1v) is 5.73. The summed E-state index contributed by atoms with van der Waals surface area (Å²) in [6.45, 7) is 2.20. The second-order valence-electron chi connectivity index (χ2n) is 3.47. The molecule has 0 aliphatic rings. The number of hydrogen-bond acceptors (Lipinski definition) is 1. The Bertz CT molecular complexity index is 434. The summed E-state index contributed by atoms with van der Waals surface area (Å²) in [6.07, 6.45) is 3.53. The first-order chi connectivity index (χ1) is 6.81. The number of fused-ring (bicyclic) bond motifs is 1. The van der Waals surface area contributed by atoms with Gasteiger partial charge in [0.05, 0.1) is 5.52 Å². The summed E-state index contributed by atoms with van der Waals surface area (Å²) >= 11 is 3.44. The van der Waals surface area contributed by atoms with Gasteiger partial charge in [0.15, 0.2) is 0 Å². The van der Waals surface area contributed by atoms with E-state index >= 15 is 0 Å². The SMILES string of the molecule is CCCCc1[nH]nc2cc(Br)ccc12. The predicted octanol–water partition coefficient (Wildman–Crippen LogP) is 3.67. The van der Waals surface area contributed by atoms with E-state index in [-0.39, 0.29) is 0 Å². The Morgan fingerprint density at radius 3 is 3.07 bits per heavy atom. The van der Waals surface area contributed by atoms with Crippen LogP contribution in [0, 0.1) is 0 Å². The molecule has 3 heteroatoms. The molecule has 1 aromatic heterocycles. The van der Waals surface area contributed by atoms with Gasteiger partial charge in [0, 0.05) is 15.6 Å². The first-order valence-electron chi connectivity index (χ1n) is 4.93. The topological polar surface area (TPSA) is 28.7 Å². The summed E-state index contributed by atoms with van der Waals surface area (Å²) in [5.41, 5.74) is 2.31. The van der Waals surface area contributed by atoms with Crippen molar-refractivity contribution in [1.82, 2.24) is 10.2 Å². The molecule has 0 amide bonds. The number of aryl methyl sites for hydroxylation is 1. The van der Waals surface area contributed by atoms with Gasteiger partial charge in [0.25, 0.3) is 0 Å². The number of unbranched alkanes of at least 4 members (excludes halogenated alkanes) is 1. The summed E-state index contributed by atoms with van der Waals surface area (Å²) in [7, 11) is 0. The van der Waals surface area contributed by atoms with Crippen LogP contribution in [-0.2, 0) is 6.42 Å². The molecule has 1 heterocycles. The van der Waals surface area contributed by atoms with Crippen LogP contribution in [0.3, 0.4) is 0 Å². The van der Waals surface area contributed by atoms with Crippen molar-refractivity contribution in [1.29, 1.82) is 0 Å². The number of aromatic nitrogens is 2. The Morgan fingerprint density at radius 1 is 1.43 bits per heavy atom. The molecule has 74 valence electrons. The van der Waals surface area contributed by atoms with Crippen LogP contribution < -0.4 is 0 Å². The summed E-state index contributed by atoms with van der Waals surface area (Å²) in [5.74, 6) is 0. The minimum Gasteiger partial charge on any atom is -0.281 e. The molecule has 0 radical (unpaired) electrons. The molecule has 0 spiro atoms. The first kappa shape index (κ1) is 9.71. The normalized spacial score (nSPS) is 11.0. The second-order valence-corrected chi connectivity index (χ2v) is 4.38. The van der Waals surface area contributed by atoms with E-state index in [0.717, 1.165) is 16.4 Å². The average Bonchev–Trinajstić information content (AvgIpc) is 2.57. The molecule has 0 fully saturated rings. The van der Waals surface area contributed by atoms with Crippen molar-refractivity contribution in [2.45, 2.75) is 26.2 Å². The summed E-state index contributed by atoms with van der Waals surface area (Å²) in [6, 6.07) is 6.22. The Balaban J connectivity index is 2.37. The lowest BCUT2D eigenvalue weighted by Crippen LogP contribution is -1.84. The predicted molar refractivity (Wildman–Crippen MR) is 62.4 cm³/mol. The van der Waals surface area contributed by atoms with Crippen molar-refractivity contribution >= 4 is 26.8 Å². The van der Waals surface area contributed by atoms with Gasteiger partial charge in [0.2, 0.25) is 0 Å². The molecule has 0 atom stereocenters. The highest BCUT2D eigenvalue weighted by atomic mass is 79.9. The van der Waals surface area contributed by atoms with Crippen LogP contribution in [0.2, 0.25) is 0 Å². The lowest BCUT2D eigenvalue weighted by Gasteiger charge is -1.96. The maximum absolute atomic E-state index is 4.28. The highest BCUT2D eigenvalue weighted by molar-refractivity contribution is 9.10. The quantitative estimate of drug-likeness (QED) is 0.888. The van der Waals surface area contributed by atoms with Crippen LogP contribution in [0.1, 0.15) is 25.5 Å². The molecule has 2 aromatic rings. The zero-order valence-corrected chi connectivity index (χ0v) is 9.76. The van der Waals surface area contributed by atoms with E-state index in [1.54, 1.807) is 0 Å². The van der Waals surface area contributed by atoms with E-state index in [1.165, 1.54) is 23.9 Å². The highest BCUT2D eigenvalue weighted by Crippen LogP contribution is 2.21. The third kappa shape index (κ3) is 1.82. The van der Waals surface area contributed by atoms with Crippen LogP contribution in [0.5, 0.6) is 0 Å². The van der Waals surface area contributed by atoms with Crippen molar-refractivity contribution < 1.29 is 0 Å². The number of benzene rings is 1. The van der Waals surface area contributed by atoms with Gasteiger partial charge in [-0.25, -0.2) is 0 Å². The summed E-state index contributed by atoms with van der Waals surface area (Å²) in [5, 5.41) is 8.63. The Morgan fingerprint density at radius 2 is 2.29 bits per heavy atom. The molecular weight excluding hydrogens is 240 g/mol. The summed E-state index contributed by atoms with van der Waals surface area (Å²) in [4.78, 5) is 0. The molecule has 0 aliphatic carbocycles. The van der Waals surface area contributed by atoms with E-state index in [2.05, 4.69) is 45.2 Å². The molecule has 2 rings (SSSR count). The van der Waals surface area contributed by atoms with Crippen LogP contribution >= 0.6 is 15.9 Å². The monoisotopic (exact) mass is 252 g/mol. The number of H-pyrrole nitrogens is 1. The fraction of sp³-hybridized carbons (Fsp3) is 0.364. The smallest absolute Gasteiger partial charge is 0.0934 e. The largest absolute Gasteiger partial charge is 0.281 e. The van der Waals surface area contributed by atoms with Crippen molar-refractivity contribution in [2.24, 2.45) is 0 Å². The fourth-order valence-electron chi connectivity index (χ4n) is 1.58. The number of halogens is 1. The van der Waals surface area contributed by atoms with Gasteiger partial charge in [-0.3, -0.25) is 5.10 Å². The third-order valence-corrected chi connectivity index (χ3v) is 2.87. The molecule has 1 aromatic carbocycles. The number of nitrogens with one attached hydrogen (secondary N) is 1. The molecule has 0 saturated carbocycles. The Kier molecular flexibility index (Phi) is 2.87. The Labute approximate surface area is 91.8 Å². The zero-order chi connectivity index (χ0) is 9.97. The van der Waals surface area contributed by atoms with Crippen LogP contribution in [0.4, 0.5) is 0 Å². The van der Waals surface area contributed by atoms with Crippen molar-refractivity contribution in [3.8, 4) is 0 Å². The highest BCUT2D eigenvalue weighted by Gasteiger charge is 2.04. The fourth-order valence-corrected chi connectivity index (χ4v) is 1.93. The van der Waals surface area contributed by atoms with E-state index in [1.807, 2.05) is 6.07 Å². The van der Waals surface area contributed by atoms with E-state index in [0.29, 0.717) is 0 Å². The van der Waals surface area contributed by atoms with Gasteiger partial charge in [-0.2, -0.15) is 5.10 Å². The van der Waals surface area contributed by atoms with E-state index in [9.17, 15) is 0 Å².